The summed E-state index contributed by atoms with van der Waals surface area (Å²) in [4.78, 5) is 66.9. The Balaban J connectivity index is 0.000000730. The van der Waals surface area contributed by atoms with Crippen molar-refractivity contribution in [2.24, 2.45) is 35.8 Å². The number of nitrogens with one attached hydrogen (secondary N) is 2. The van der Waals surface area contributed by atoms with Gasteiger partial charge >= 0.3 is 0 Å². The van der Waals surface area contributed by atoms with Gasteiger partial charge < -0.3 is 29.7 Å². The Kier molecular flexibility index (Phi) is 19.3. The second kappa shape index (κ2) is 21.3. The molecule has 16 heteroatoms. The van der Waals surface area contributed by atoms with Crippen LogP contribution in [0.15, 0.2) is 44.0 Å². The van der Waals surface area contributed by atoms with E-state index >= 15 is 0 Å². The van der Waals surface area contributed by atoms with E-state index in [2.05, 4.69) is 113 Å². The maximum absolute atomic E-state index is 11.7. The molecule has 0 aliphatic heterocycles. The van der Waals surface area contributed by atoms with Crippen LogP contribution in [0.5, 0.6) is 23.0 Å². The molecule has 0 fully saturated rings. The number of methoxy groups -OCH3 is 2. The van der Waals surface area contributed by atoms with Gasteiger partial charge in [0.05, 0.1) is 39.0 Å². The lowest BCUT2D eigenvalue weighted by molar-refractivity contribution is 0.377. The van der Waals surface area contributed by atoms with Crippen molar-refractivity contribution in [2.75, 3.05) is 14.2 Å². The predicted octanol–water partition coefficient (Wildman–Crippen LogP) is 5.52. The standard InChI is InChI=1S/C11H18N2O2.2C10H16N2O2.C9H14N2O2.CH4/c1-11(2,3)6-9-12-7-8(15-5)10(14)13(9)4;1-10(2,3)5-8-11-6-7(14-4)9(13)12-8;1-10(2,3)5-8-11-6-7(13)9(14)12(8)4;1-9(2,3)4-7-10-5-6(12)8(13)11-7;/h7H,6H2,1-5H3;6H,5H2,1-4H3,(H,11,12,13);6,13H,5H2,1-4H3;5,12H,4H2,1-3H3,(H,10,11,13);1H4. The molecule has 0 spiro atoms. The highest BCUT2D eigenvalue weighted by Gasteiger charge is 2.18. The van der Waals surface area contributed by atoms with Crippen molar-refractivity contribution >= 4 is 0 Å². The minimum Gasteiger partial charge on any atom is -0.502 e. The summed E-state index contributed by atoms with van der Waals surface area (Å²) in [5.41, 5.74) is -0.834. The van der Waals surface area contributed by atoms with Gasteiger partial charge in [0.25, 0.3) is 22.2 Å². The summed E-state index contributed by atoms with van der Waals surface area (Å²) < 4.78 is 12.7. The number of aromatic nitrogens is 8. The van der Waals surface area contributed by atoms with Crippen LogP contribution < -0.4 is 31.7 Å². The summed E-state index contributed by atoms with van der Waals surface area (Å²) in [7, 11) is 6.27. The highest BCUT2D eigenvalue weighted by molar-refractivity contribution is 5.15. The smallest absolute Gasteiger partial charge is 0.295 e. The molecule has 4 heterocycles. The molecule has 4 N–H and O–H groups in total. The topological polar surface area (TPSA) is 220 Å². The van der Waals surface area contributed by atoms with Gasteiger partial charge in [-0.05, 0) is 21.7 Å². The van der Waals surface area contributed by atoms with E-state index in [9.17, 15) is 19.2 Å². The van der Waals surface area contributed by atoms with Gasteiger partial charge in [0.2, 0.25) is 11.5 Å². The van der Waals surface area contributed by atoms with Crippen molar-refractivity contribution in [3.8, 4) is 23.0 Å². The average Bonchev–Trinajstić information content (AvgIpc) is 3.04. The number of hydrogen-bond donors (Lipinski definition) is 4. The molecular formula is C41H68N8O8. The molecule has 0 saturated heterocycles. The molecule has 320 valence electrons. The molecule has 4 rings (SSSR count). The van der Waals surface area contributed by atoms with Crippen LogP contribution in [0.3, 0.4) is 0 Å². The van der Waals surface area contributed by atoms with Crippen molar-refractivity contribution in [3.63, 3.8) is 0 Å². The molecule has 0 radical (unpaired) electrons. The normalized spacial score (nSPS) is 11.4. The fourth-order valence-electron chi connectivity index (χ4n) is 4.72. The zero-order valence-electron chi connectivity index (χ0n) is 36.2. The number of hydrogen-bond acceptors (Lipinski definition) is 12. The first-order valence-corrected chi connectivity index (χ1v) is 18.2. The molecule has 57 heavy (non-hydrogen) atoms. The van der Waals surface area contributed by atoms with Gasteiger partial charge in [0.1, 0.15) is 23.3 Å². The molecule has 0 atom stereocenters. The van der Waals surface area contributed by atoms with E-state index in [4.69, 9.17) is 19.7 Å². The van der Waals surface area contributed by atoms with Crippen LogP contribution in [0.25, 0.3) is 0 Å². The molecule has 0 saturated carbocycles. The van der Waals surface area contributed by atoms with Crippen molar-refractivity contribution in [1.82, 2.24) is 39.0 Å². The zero-order chi connectivity index (χ0) is 43.4. The second-order valence-electron chi connectivity index (χ2n) is 18.3. The number of rotatable bonds is 6. The summed E-state index contributed by atoms with van der Waals surface area (Å²) >= 11 is 0. The minimum atomic E-state index is -0.478. The van der Waals surface area contributed by atoms with Crippen LogP contribution in [-0.4, -0.2) is 63.5 Å². The van der Waals surface area contributed by atoms with Gasteiger partial charge in [-0.15, -0.1) is 0 Å². The lowest BCUT2D eigenvalue weighted by atomic mass is 9.92. The lowest BCUT2D eigenvalue weighted by Gasteiger charge is -2.19. The highest BCUT2D eigenvalue weighted by atomic mass is 16.5. The van der Waals surface area contributed by atoms with Crippen molar-refractivity contribution in [3.05, 3.63) is 89.5 Å². The Hall–Kier alpha value is -5.28. The van der Waals surface area contributed by atoms with Gasteiger partial charge in [-0.1, -0.05) is 90.5 Å². The Bertz CT molecular complexity index is 2110. The van der Waals surface area contributed by atoms with Crippen molar-refractivity contribution in [1.29, 1.82) is 0 Å². The van der Waals surface area contributed by atoms with E-state index in [1.54, 1.807) is 18.7 Å². The van der Waals surface area contributed by atoms with Gasteiger partial charge in [0, 0.05) is 39.8 Å². The summed E-state index contributed by atoms with van der Waals surface area (Å²) in [5.74, 6) is 2.69. The van der Waals surface area contributed by atoms with Crippen LogP contribution >= 0.6 is 0 Å². The maximum atomic E-state index is 11.7. The maximum Gasteiger partial charge on any atom is 0.295 e. The van der Waals surface area contributed by atoms with Crippen LogP contribution in [0.2, 0.25) is 0 Å². The van der Waals surface area contributed by atoms with Crippen LogP contribution in [-0.2, 0) is 39.8 Å². The van der Waals surface area contributed by atoms with Gasteiger partial charge in [0.15, 0.2) is 11.5 Å². The van der Waals surface area contributed by atoms with E-state index in [0.717, 1.165) is 18.7 Å². The van der Waals surface area contributed by atoms with Crippen LogP contribution in [0.4, 0.5) is 0 Å². The Labute approximate surface area is 336 Å². The monoisotopic (exact) mass is 801 g/mol. The summed E-state index contributed by atoms with van der Waals surface area (Å²) in [6.45, 7) is 25.0. The molecule has 16 nitrogen and oxygen atoms in total. The first-order valence-electron chi connectivity index (χ1n) is 18.2. The molecule has 4 aromatic rings. The van der Waals surface area contributed by atoms with E-state index in [1.165, 1.54) is 43.6 Å². The third kappa shape index (κ3) is 19.4. The minimum absolute atomic E-state index is 0. The first kappa shape index (κ1) is 51.7. The predicted molar refractivity (Wildman–Crippen MR) is 224 cm³/mol. The fraction of sp³-hybridized carbons (Fsp3) is 0.610. The van der Waals surface area contributed by atoms with E-state index in [-0.39, 0.29) is 68.8 Å². The third-order valence-electron chi connectivity index (χ3n) is 7.34. The number of H-pyrrole nitrogens is 2. The molecule has 0 amide bonds. The fourth-order valence-corrected chi connectivity index (χ4v) is 4.72. The quantitative estimate of drug-likeness (QED) is 0.189. The molecular weight excluding hydrogens is 732 g/mol. The Morgan fingerprint density at radius 2 is 0.877 bits per heavy atom. The lowest BCUT2D eigenvalue weighted by Crippen LogP contribution is -2.25. The third-order valence-corrected chi connectivity index (χ3v) is 7.34. The summed E-state index contributed by atoms with van der Waals surface area (Å²) in [6.07, 6.45) is 8.24. The number of aromatic amines is 2. The highest BCUT2D eigenvalue weighted by Crippen LogP contribution is 2.20. The van der Waals surface area contributed by atoms with Gasteiger partial charge in [-0.2, -0.15) is 0 Å². The van der Waals surface area contributed by atoms with Crippen molar-refractivity contribution < 1.29 is 19.7 Å². The number of aromatic hydroxyl groups is 2. The van der Waals surface area contributed by atoms with E-state index in [0.29, 0.717) is 30.3 Å². The SMILES string of the molecule is C.CC(C)(C)Cc1ncc(O)c(=O)[nH]1.COc1cnc(CC(C)(C)C)[nH]c1=O.COc1cnc(CC(C)(C)C)n(C)c1=O.Cn1c(CC(C)(C)C)ncc(O)c1=O. The first-order chi connectivity index (χ1) is 25.5. The summed E-state index contributed by atoms with van der Waals surface area (Å²) in [6, 6.07) is 0. The molecule has 4 aromatic heterocycles. The van der Waals surface area contributed by atoms with E-state index in [1.807, 2.05) is 0 Å². The molecule has 0 unspecified atom stereocenters. The number of ether oxygens (including phenoxy) is 2. The van der Waals surface area contributed by atoms with Gasteiger partial charge in [-0.3, -0.25) is 28.3 Å². The van der Waals surface area contributed by atoms with Crippen LogP contribution in [0, 0.1) is 21.7 Å². The van der Waals surface area contributed by atoms with Crippen molar-refractivity contribution in [2.45, 2.75) is 116 Å². The van der Waals surface area contributed by atoms with Gasteiger partial charge in [-0.25, -0.2) is 19.9 Å². The Morgan fingerprint density at radius 3 is 1.26 bits per heavy atom. The Morgan fingerprint density at radius 1 is 0.526 bits per heavy atom. The molecule has 0 aromatic carbocycles. The zero-order valence-corrected chi connectivity index (χ0v) is 36.2. The summed E-state index contributed by atoms with van der Waals surface area (Å²) in [5, 5.41) is 18.1. The average molecular weight is 801 g/mol. The molecule has 0 aliphatic rings. The largest absolute Gasteiger partial charge is 0.502 e. The van der Waals surface area contributed by atoms with Crippen LogP contribution in [0.1, 0.15) is 114 Å². The second-order valence-corrected chi connectivity index (χ2v) is 18.3. The molecule has 0 aliphatic carbocycles. The van der Waals surface area contributed by atoms with E-state index < -0.39 is 5.56 Å². The molecule has 0 bridgehead atoms. The number of nitrogens with zero attached hydrogens (tertiary/aromatic N) is 6.